The number of benzene rings is 2. The SMILES string of the molecule is Cc1cccc(N(c2ccn[nH]2)c2cc(F)c(S(=O)(=O)Nc3nccs3)cc2F)c1. The molecule has 0 saturated heterocycles. The second-order valence-corrected chi connectivity index (χ2v) is 8.84. The van der Waals surface area contributed by atoms with E-state index in [1.165, 1.54) is 17.3 Å². The quantitative estimate of drug-likeness (QED) is 0.446. The maximum atomic E-state index is 15.1. The molecule has 0 bridgehead atoms. The van der Waals surface area contributed by atoms with E-state index in [0.717, 1.165) is 23.0 Å². The van der Waals surface area contributed by atoms with Crippen molar-refractivity contribution in [2.24, 2.45) is 0 Å². The van der Waals surface area contributed by atoms with Gasteiger partial charge in [-0.3, -0.25) is 14.7 Å². The molecule has 0 spiro atoms. The Kier molecular flexibility index (Phi) is 5.22. The topological polar surface area (TPSA) is 91.0 Å². The van der Waals surface area contributed by atoms with Crippen molar-refractivity contribution in [3.63, 3.8) is 0 Å². The van der Waals surface area contributed by atoms with E-state index in [0.29, 0.717) is 17.6 Å². The number of nitrogens with zero attached hydrogens (tertiary/aromatic N) is 3. The molecular formula is C19H15F2N5O2S2. The summed E-state index contributed by atoms with van der Waals surface area (Å²) in [6.07, 6.45) is 2.87. The van der Waals surface area contributed by atoms with E-state index in [4.69, 9.17) is 0 Å². The molecule has 0 aliphatic rings. The third-order valence-electron chi connectivity index (χ3n) is 4.17. The summed E-state index contributed by atoms with van der Waals surface area (Å²) in [4.78, 5) is 4.41. The van der Waals surface area contributed by atoms with Gasteiger partial charge in [-0.1, -0.05) is 12.1 Å². The van der Waals surface area contributed by atoms with Crippen molar-refractivity contribution in [2.45, 2.75) is 11.8 Å². The second kappa shape index (κ2) is 7.84. The molecule has 11 heteroatoms. The Bertz CT molecular complexity index is 1280. The average molecular weight is 447 g/mol. The van der Waals surface area contributed by atoms with Crippen molar-refractivity contribution in [3.05, 3.63) is 77.4 Å². The minimum atomic E-state index is -4.36. The van der Waals surface area contributed by atoms with Crippen LogP contribution in [0, 0.1) is 18.6 Å². The Morgan fingerprint density at radius 2 is 1.93 bits per heavy atom. The minimum absolute atomic E-state index is 0.0535. The zero-order valence-electron chi connectivity index (χ0n) is 15.5. The number of halogens is 2. The van der Waals surface area contributed by atoms with E-state index in [1.807, 2.05) is 13.0 Å². The molecule has 0 aliphatic carbocycles. The molecule has 2 aromatic carbocycles. The lowest BCUT2D eigenvalue weighted by Gasteiger charge is -2.24. The first kappa shape index (κ1) is 20.0. The summed E-state index contributed by atoms with van der Waals surface area (Å²) in [5, 5.41) is 8.21. The van der Waals surface area contributed by atoms with E-state index in [9.17, 15) is 12.8 Å². The van der Waals surface area contributed by atoms with Gasteiger partial charge in [-0.25, -0.2) is 22.2 Å². The first-order valence-corrected chi connectivity index (χ1v) is 11.0. The standard InChI is InChI=1S/C19H15F2N5O2S2/c1-12-3-2-4-13(9-12)26(18-5-6-23-24-18)16-10-15(21)17(11-14(16)20)30(27,28)25-19-22-7-8-29-19/h2-11H,1H3,(H,22,25)(H,23,24). The van der Waals surface area contributed by atoms with Crippen LogP contribution in [0.15, 0.2) is 65.1 Å². The largest absolute Gasteiger partial charge is 0.292 e. The van der Waals surface area contributed by atoms with Crippen LogP contribution in [0.1, 0.15) is 5.56 Å². The predicted molar refractivity (Wildman–Crippen MR) is 111 cm³/mol. The van der Waals surface area contributed by atoms with Gasteiger partial charge in [0.2, 0.25) is 0 Å². The van der Waals surface area contributed by atoms with E-state index in [-0.39, 0.29) is 10.8 Å². The van der Waals surface area contributed by atoms with Gasteiger partial charge in [-0.2, -0.15) is 5.10 Å². The van der Waals surface area contributed by atoms with Crippen molar-refractivity contribution in [3.8, 4) is 0 Å². The molecule has 7 nitrogen and oxygen atoms in total. The van der Waals surface area contributed by atoms with Crippen LogP contribution in [0.4, 0.5) is 31.1 Å². The van der Waals surface area contributed by atoms with Crippen molar-refractivity contribution in [1.82, 2.24) is 15.2 Å². The number of nitrogens with one attached hydrogen (secondary N) is 2. The van der Waals surface area contributed by atoms with E-state index in [1.54, 1.807) is 29.6 Å². The molecule has 0 atom stereocenters. The minimum Gasteiger partial charge on any atom is -0.292 e. The van der Waals surface area contributed by atoms with Crippen molar-refractivity contribution in [1.29, 1.82) is 0 Å². The van der Waals surface area contributed by atoms with Crippen LogP contribution < -0.4 is 9.62 Å². The monoisotopic (exact) mass is 447 g/mol. The molecule has 0 amide bonds. The van der Waals surface area contributed by atoms with E-state index >= 15 is 4.39 Å². The van der Waals surface area contributed by atoms with Crippen LogP contribution in [0.2, 0.25) is 0 Å². The lowest BCUT2D eigenvalue weighted by Crippen LogP contribution is -2.17. The Morgan fingerprint density at radius 1 is 1.10 bits per heavy atom. The molecule has 2 N–H and O–H groups in total. The Labute approximate surface area is 175 Å². The Hall–Kier alpha value is -3.31. The van der Waals surface area contributed by atoms with Crippen molar-refractivity contribution >= 4 is 43.7 Å². The average Bonchev–Trinajstić information content (AvgIpc) is 3.38. The summed E-state index contributed by atoms with van der Waals surface area (Å²) in [6, 6.07) is 10.2. The summed E-state index contributed by atoms with van der Waals surface area (Å²) in [7, 11) is -4.36. The molecule has 0 radical (unpaired) electrons. The van der Waals surface area contributed by atoms with Crippen LogP contribution in [0.25, 0.3) is 0 Å². The highest BCUT2D eigenvalue weighted by atomic mass is 32.2. The number of anilines is 4. The zero-order chi connectivity index (χ0) is 21.3. The van der Waals surface area contributed by atoms with E-state index in [2.05, 4.69) is 19.9 Å². The summed E-state index contributed by atoms with van der Waals surface area (Å²) in [5.74, 6) is -1.64. The van der Waals surface area contributed by atoms with E-state index < -0.39 is 26.6 Å². The highest BCUT2D eigenvalue weighted by Crippen LogP contribution is 2.37. The lowest BCUT2D eigenvalue weighted by molar-refractivity contribution is 0.556. The smallest absolute Gasteiger partial charge is 0.266 e. The number of sulfonamides is 1. The number of thiazole rings is 1. The maximum absolute atomic E-state index is 15.1. The third kappa shape index (κ3) is 3.89. The van der Waals surface area contributed by atoms with Gasteiger partial charge in [0, 0.05) is 29.4 Å². The Balaban J connectivity index is 1.81. The van der Waals surface area contributed by atoms with Gasteiger partial charge in [-0.15, -0.1) is 11.3 Å². The van der Waals surface area contributed by atoms with Gasteiger partial charge in [0.1, 0.15) is 22.3 Å². The highest BCUT2D eigenvalue weighted by Gasteiger charge is 2.26. The van der Waals surface area contributed by atoms with Gasteiger partial charge in [0.15, 0.2) is 5.13 Å². The van der Waals surface area contributed by atoms with Crippen LogP contribution in [0.3, 0.4) is 0 Å². The fourth-order valence-electron chi connectivity index (χ4n) is 2.89. The summed E-state index contributed by atoms with van der Waals surface area (Å²) in [5.41, 5.74) is 1.29. The molecular weight excluding hydrogens is 432 g/mol. The van der Waals surface area contributed by atoms with Crippen molar-refractivity contribution < 1.29 is 17.2 Å². The van der Waals surface area contributed by atoms with Crippen LogP contribution in [-0.2, 0) is 10.0 Å². The van der Waals surface area contributed by atoms with Crippen LogP contribution in [-0.4, -0.2) is 23.6 Å². The maximum Gasteiger partial charge on any atom is 0.266 e. The molecule has 0 fully saturated rings. The summed E-state index contributed by atoms with van der Waals surface area (Å²) in [6.45, 7) is 1.87. The molecule has 30 heavy (non-hydrogen) atoms. The van der Waals surface area contributed by atoms with Gasteiger partial charge < -0.3 is 0 Å². The summed E-state index contributed by atoms with van der Waals surface area (Å²) < 4.78 is 57.2. The predicted octanol–water partition coefficient (Wildman–Crippen LogP) is 4.72. The van der Waals surface area contributed by atoms with Gasteiger partial charge in [0.05, 0.1) is 11.9 Å². The number of aryl methyl sites for hydroxylation is 1. The normalized spacial score (nSPS) is 11.4. The second-order valence-electron chi connectivity index (χ2n) is 6.29. The number of rotatable bonds is 6. The first-order valence-electron chi connectivity index (χ1n) is 8.63. The number of hydrogen-bond donors (Lipinski definition) is 2. The fourth-order valence-corrected chi connectivity index (χ4v) is 4.75. The summed E-state index contributed by atoms with van der Waals surface area (Å²) >= 11 is 1.02. The molecule has 0 unspecified atom stereocenters. The van der Waals surface area contributed by atoms with Gasteiger partial charge in [0.25, 0.3) is 10.0 Å². The third-order valence-corrected chi connectivity index (χ3v) is 6.34. The molecule has 4 rings (SSSR count). The number of H-pyrrole nitrogens is 1. The number of aromatic nitrogens is 3. The van der Waals surface area contributed by atoms with Gasteiger partial charge in [-0.05, 0) is 30.7 Å². The highest BCUT2D eigenvalue weighted by molar-refractivity contribution is 7.93. The fraction of sp³-hybridized carbons (Fsp3) is 0.0526. The number of aromatic amines is 1. The van der Waals surface area contributed by atoms with Crippen LogP contribution in [0.5, 0.6) is 0 Å². The first-order chi connectivity index (χ1) is 14.3. The number of hydrogen-bond acceptors (Lipinski definition) is 6. The molecule has 0 saturated carbocycles. The van der Waals surface area contributed by atoms with Crippen LogP contribution >= 0.6 is 11.3 Å². The molecule has 2 heterocycles. The zero-order valence-corrected chi connectivity index (χ0v) is 17.1. The molecule has 4 aromatic rings. The lowest BCUT2D eigenvalue weighted by atomic mass is 10.2. The Morgan fingerprint density at radius 3 is 2.60 bits per heavy atom. The molecule has 154 valence electrons. The molecule has 2 aromatic heterocycles. The van der Waals surface area contributed by atoms with Crippen molar-refractivity contribution in [2.75, 3.05) is 9.62 Å². The molecule has 0 aliphatic heterocycles. The van der Waals surface area contributed by atoms with Gasteiger partial charge >= 0.3 is 0 Å².